The maximum atomic E-state index is 11.7. The van der Waals surface area contributed by atoms with Crippen molar-refractivity contribution in [1.82, 2.24) is 0 Å². The van der Waals surface area contributed by atoms with Gasteiger partial charge in [0.25, 0.3) is 0 Å². The van der Waals surface area contributed by atoms with E-state index in [1.165, 1.54) is 6.92 Å². The minimum Gasteiger partial charge on any atom is -0.508 e. The second-order valence-electron chi connectivity index (χ2n) is 5.32. The van der Waals surface area contributed by atoms with Crippen LogP contribution in [-0.4, -0.2) is 18.0 Å². The number of aryl methyl sites for hydroxylation is 2. The summed E-state index contributed by atoms with van der Waals surface area (Å²) in [6.45, 7) is 5.32. The van der Waals surface area contributed by atoms with Gasteiger partial charge in [-0.1, -0.05) is 24.3 Å². The van der Waals surface area contributed by atoms with Gasteiger partial charge in [-0.25, -0.2) is 0 Å². The Kier molecular flexibility index (Phi) is 4.66. The van der Waals surface area contributed by atoms with Crippen molar-refractivity contribution in [3.8, 4) is 11.5 Å². The molecule has 0 heterocycles. The third kappa shape index (κ3) is 3.19. The van der Waals surface area contributed by atoms with Crippen LogP contribution in [0.1, 0.15) is 29.2 Å². The van der Waals surface area contributed by atoms with Crippen molar-refractivity contribution in [2.45, 2.75) is 20.8 Å². The first-order valence-corrected chi connectivity index (χ1v) is 7.10. The van der Waals surface area contributed by atoms with Gasteiger partial charge in [-0.15, -0.1) is 0 Å². The lowest BCUT2D eigenvalue weighted by atomic mass is 9.92. The van der Waals surface area contributed by atoms with Gasteiger partial charge in [0.05, 0.1) is 7.11 Å². The summed E-state index contributed by atoms with van der Waals surface area (Å²) in [5.74, 6) is 0.854. The van der Waals surface area contributed by atoms with Gasteiger partial charge in [-0.05, 0) is 61.2 Å². The molecule has 22 heavy (non-hydrogen) atoms. The average molecular weight is 296 g/mol. The van der Waals surface area contributed by atoms with E-state index in [1.807, 2.05) is 44.2 Å². The fourth-order valence-electron chi connectivity index (χ4n) is 2.44. The van der Waals surface area contributed by atoms with Gasteiger partial charge in [0.1, 0.15) is 11.5 Å². The Bertz CT molecular complexity index is 742. The first-order valence-electron chi connectivity index (χ1n) is 7.10. The van der Waals surface area contributed by atoms with Crippen LogP contribution in [0.2, 0.25) is 0 Å². The fourth-order valence-corrected chi connectivity index (χ4v) is 2.44. The van der Waals surface area contributed by atoms with Crippen LogP contribution >= 0.6 is 0 Å². The van der Waals surface area contributed by atoms with E-state index in [0.29, 0.717) is 5.75 Å². The van der Waals surface area contributed by atoms with E-state index in [4.69, 9.17) is 4.74 Å². The lowest BCUT2D eigenvalue weighted by Crippen LogP contribution is -1.99. The summed E-state index contributed by atoms with van der Waals surface area (Å²) in [5.41, 5.74) is 4.20. The van der Waals surface area contributed by atoms with Crippen LogP contribution in [0.3, 0.4) is 0 Å². The molecule has 0 unspecified atom stereocenters. The van der Waals surface area contributed by atoms with Gasteiger partial charge in [-0.3, -0.25) is 4.79 Å². The molecule has 0 atom stereocenters. The van der Waals surface area contributed by atoms with Crippen LogP contribution < -0.4 is 4.74 Å². The Balaban J connectivity index is 2.72. The first kappa shape index (κ1) is 15.8. The SMILES string of the molecule is COc1cccc(C)c1C(=CC(C)=O)c1ccc(C)c(O)c1. The van der Waals surface area contributed by atoms with Gasteiger partial charge >= 0.3 is 0 Å². The molecular formula is C19H20O3. The van der Waals surface area contributed by atoms with Crippen molar-refractivity contribution in [3.63, 3.8) is 0 Å². The molecule has 1 N–H and O–H groups in total. The second-order valence-corrected chi connectivity index (χ2v) is 5.32. The molecule has 114 valence electrons. The van der Waals surface area contributed by atoms with Crippen molar-refractivity contribution in [2.24, 2.45) is 0 Å². The number of hydrogen-bond acceptors (Lipinski definition) is 3. The Morgan fingerprint density at radius 2 is 1.86 bits per heavy atom. The van der Waals surface area contributed by atoms with Crippen LogP contribution in [0.15, 0.2) is 42.5 Å². The molecule has 0 fully saturated rings. The van der Waals surface area contributed by atoms with Crippen molar-refractivity contribution in [3.05, 3.63) is 64.7 Å². The average Bonchev–Trinajstić information content (AvgIpc) is 2.47. The summed E-state index contributed by atoms with van der Waals surface area (Å²) >= 11 is 0. The molecule has 0 aliphatic rings. The highest BCUT2D eigenvalue weighted by atomic mass is 16.5. The zero-order chi connectivity index (χ0) is 16.3. The monoisotopic (exact) mass is 296 g/mol. The topological polar surface area (TPSA) is 46.5 Å². The summed E-state index contributed by atoms with van der Waals surface area (Å²) in [6, 6.07) is 11.2. The molecule has 0 radical (unpaired) electrons. The standard InChI is InChI=1S/C19H20O3/c1-12-8-9-15(11-17(12)21)16(10-14(3)20)19-13(2)6-5-7-18(19)22-4/h5-11,21H,1-4H3. The molecule has 0 saturated carbocycles. The zero-order valence-electron chi connectivity index (χ0n) is 13.3. The molecule has 0 aliphatic heterocycles. The van der Waals surface area contributed by atoms with E-state index in [1.54, 1.807) is 19.3 Å². The quantitative estimate of drug-likeness (QED) is 0.866. The zero-order valence-corrected chi connectivity index (χ0v) is 13.3. The molecule has 2 aromatic rings. The number of allylic oxidation sites excluding steroid dienone is 1. The molecule has 0 aliphatic carbocycles. The summed E-state index contributed by atoms with van der Waals surface area (Å²) < 4.78 is 5.45. The van der Waals surface area contributed by atoms with Gasteiger partial charge in [0, 0.05) is 5.56 Å². The molecule has 0 aromatic heterocycles. The van der Waals surface area contributed by atoms with Crippen LogP contribution in [0.25, 0.3) is 5.57 Å². The van der Waals surface area contributed by atoms with E-state index in [-0.39, 0.29) is 11.5 Å². The third-order valence-electron chi connectivity index (χ3n) is 3.59. The van der Waals surface area contributed by atoms with E-state index >= 15 is 0 Å². The van der Waals surface area contributed by atoms with Gasteiger partial charge in [0.2, 0.25) is 0 Å². The Labute approximate surface area is 130 Å². The van der Waals surface area contributed by atoms with E-state index < -0.39 is 0 Å². The molecular weight excluding hydrogens is 276 g/mol. The van der Waals surface area contributed by atoms with Gasteiger partial charge in [-0.2, -0.15) is 0 Å². The summed E-state index contributed by atoms with van der Waals surface area (Å²) in [6.07, 6.45) is 1.58. The number of carbonyl (C=O) groups is 1. The number of ether oxygens (including phenoxy) is 1. The molecule has 0 bridgehead atoms. The first-order chi connectivity index (χ1) is 10.4. The predicted molar refractivity (Wildman–Crippen MR) is 88.3 cm³/mol. The van der Waals surface area contributed by atoms with Crippen LogP contribution in [0.5, 0.6) is 11.5 Å². The largest absolute Gasteiger partial charge is 0.508 e. The number of ketones is 1. The lowest BCUT2D eigenvalue weighted by Gasteiger charge is -2.16. The minimum absolute atomic E-state index is 0.0552. The van der Waals surface area contributed by atoms with E-state index in [9.17, 15) is 9.90 Å². The molecule has 0 spiro atoms. The number of benzene rings is 2. The second kappa shape index (κ2) is 6.48. The lowest BCUT2D eigenvalue weighted by molar-refractivity contribution is -0.112. The molecule has 3 heteroatoms. The minimum atomic E-state index is -0.0552. The molecule has 2 aromatic carbocycles. The highest BCUT2D eigenvalue weighted by Crippen LogP contribution is 2.35. The highest BCUT2D eigenvalue weighted by Gasteiger charge is 2.15. The van der Waals surface area contributed by atoms with E-state index in [2.05, 4.69) is 0 Å². The molecule has 3 nitrogen and oxygen atoms in total. The maximum absolute atomic E-state index is 11.7. The number of phenolic OH excluding ortho intramolecular Hbond substituents is 1. The maximum Gasteiger partial charge on any atom is 0.153 e. The van der Waals surface area contributed by atoms with Crippen molar-refractivity contribution < 1.29 is 14.6 Å². The number of phenols is 1. The fraction of sp³-hybridized carbons (Fsp3) is 0.211. The third-order valence-corrected chi connectivity index (χ3v) is 3.59. The van der Waals surface area contributed by atoms with Gasteiger partial charge in [0.15, 0.2) is 5.78 Å². The van der Waals surface area contributed by atoms with Crippen molar-refractivity contribution in [1.29, 1.82) is 0 Å². The van der Waals surface area contributed by atoms with Crippen molar-refractivity contribution in [2.75, 3.05) is 7.11 Å². The van der Waals surface area contributed by atoms with Gasteiger partial charge < -0.3 is 9.84 Å². The number of carbonyl (C=O) groups excluding carboxylic acids is 1. The number of methoxy groups -OCH3 is 1. The number of hydrogen-bond donors (Lipinski definition) is 1. The molecule has 0 amide bonds. The van der Waals surface area contributed by atoms with Crippen molar-refractivity contribution >= 4 is 11.4 Å². The summed E-state index contributed by atoms with van der Waals surface area (Å²) in [5, 5.41) is 9.98. The Morgan fingerprint density at radius 1 is 1.14 bits per heavy atom. The number of rotatable bonds is 4. The van der Waals surface area contributed by atoms with Crippen LogP contribution in [-0.2, 0) is 4.79 Å². The number of aromatic hydroxyl groups is 1. The van der Waals surface area contributed by atoms with E-state index in [0.717, 1.165) is 27.8 Å². The molecule has 2 rings (SSSR count). The normalized spacial score (nSPS) is 11.4. The molecule has 0 saturated heterocycles. The summed E-state index contributed by atoms with van der Waals surface area (Å²) in [7, 11) is 1.61. The Hall–Kier alpha value is -2.55. The Morgan fingerprint density at radius 3 is 2.45 bits per heavy atom. The van der Waals surface area contributed by atoms with Crippen LogP contribution in [0.4, 0.5) is 0 Å². The predicted octanol–water partition coefficient (Wildman–Crippen LogP) is 4.04. The smallest absolute Gasteiger partial charge is 0.153 e. The summed E-state index contributed by atoms with van der Waals surface area (Å²) in [4.78, 5) is 11.7. The highest BCUT2D eigenvalue weighted by molar-refractivity contribution is 6.00. The van der Waals surface area contributed by atoms with Crippen LogP contribution in [0, 0.1) is 13.8 Å².